The first-order valence-electron chi connectivity index (χ1n) is 7.46. The van der Waals surface area contributed by atoms with Crippen LogP contribution in [0.4, 0.5) is 0 Å². The van der Waals surface area contributed by atoms with Crippen LogP contribution in [-0.4, -0.2) is 55.8 Å². The second-order valence-corrected chi connectivity index (χ2v) is 8.31. The van der Waals surface area contributed by atoms with E-state index in [1.807, 2.05) is 20.8 Å². The highest BCUT2D eigenvalue weighted by molar-refractivity contribution is 7.90. The van der Waals surface area contributed by atoms with Gasteiger partial charge in [0.1, 0.15) is 21.9 Å². The Bertz CT molecular complexity index is 487. The smallest absolute Gasteiger partial charge is 0.245 e. The minimum absolute atomic E-state index is 0.00485. The average Bonchev–Trinajstić information content (AvgIpc) is 2.33. The van der Waals surface area contributed by atoms with Crippen molar-refractivity contribution in [2.75, 3.05) is 18.6 Å². The molecular formula is C14H26N2O4S. The summed E-state index contributed by atoms with van der Waals surface area (Å²) in [7, 11) is -3.06. The summed E-state index contributed by atoms with van der Waals surface area (Å²) in [4.78, 5) is 26.3. The molecule has 2 atom stereocenters. The Kier molecular flexibility index (Phi) is 6.19. The number of rotatable bonds is 7. The summed E-state index contributed by atoms with van der Waals surface area (Å²) in [6.07, 6.45) is 2.95. The Hall–Kier alpha value is -1.11. The topological polar surface area (TPSA) is 83.6 Å². The van der Waals surface area contributed by atoms with Crippen LogP contribution in [0.15, 0.2) is 0 Å². The zero-order valence-electron chi connectivity index (χ0n) is 13.3. The number of carbonyl (C=O) groups is 2. The van der Waals surface area contributed by atoms with E-state index < -0.39 is 21.9 Å². The van der Waals surface area contributed by atoms with Crippen molar-refractivity contribution in [1.82, 2.24) is 10.2 Å². The van der Waals surface area contributed by atoms with Crippen LogP contribution in [0.25, 0.3) is 0 Å². The summed E-state index contributed by atoms with van der Waals surface area (Å²) in [5.74, 6) is -0.206. The molecule has 1 N–H and O–H groups in total. The molecule has 1 rings (SSSR count). The Labute approximate surface area is 127 Å². The lowest BCUT2D eigenvalue weighted by Gasteiger charge is -2.41. The van der Waals surface area contributed by atoms with E-state index in [0.29, 0.717) is 19.4 Å². The predicted molar refractivity (Wildman–Crippen MR) is 81.5 cm³/mol. The summed E-state index contributed by atoms with van der Waals surface area (Å²) < 4.78 is 22.4. The third-order valence-electron chi connectivity index (χ3n) is 3.63. The molecular weight excluding hydrogens is 292 g/mol. The minimum Gasteiger partial charge on any atom is -0.342 e. The van der Waals surface area contributed by atoms with Gasteiger partial charge < -0.3 is 10.2 Å². The monoisotopic (exact) mass is 318 g/mol. The molecule has 1 aliphatic rings. The number of nitrogens with zero attached hydrogens (tertiary/aromatic N) is 1. The number of piperazine rings is 1. The first-order chi connectivity index (χ1) is 9.67. The van der Waals surface area contributed by atoms with Gasteiger partial charge in [0.05, 0.1) is 5.75 Å². The number of hydrogen-bond acceptors (Lipinski definition) is 4. The Morgan fingerprint density at radius 2 is 1.90 bits per heavy atom. The zero-order chi connectivity index (χ0) is 16.2. The molecule has 2 unspecified atom stereocenters. The van der Waals surface area contributed by atoms with Gasteiger partial charge in [0.15, 0.2) is 0 Å². The molecule has 0 bridgehead atoms. The molecule has 2 amide bonds. The molecule has 1 saturated heterocycles. The SMILES string of the molecule is CCCC1NC(=O)C(C(C)C)N(CCCS(C)(=O)=O)C1=O. The molecule has 0 aliphatic carbocycles. The van der Waals surface area contributed by atoms with E-state index in [0.717, 1.165) is 6.42 Å². The van der Waals surface area contributed by atoms with Gasteiger partial charge in [-0.2, -0.15) is 0 Å². The van der Waals surface area contributed by atoms with E-state index in [1.165, 1.54) is 6.26 Å². The van der Waals surface area contributed by atoms with Crippen molar-refractivity contribution in [3.05, 3.63) is 0 Å². The lowest BCUT2D eigenvalue weighted by Crippen LogP contribution is -2.64. The minimum atomic E-state index is -3.06. The Morgan fingerprint density at radius 1 is 1.29 bits per heavy atom. The lowest BCUT2D eigenvalue weighted by molar-refractivity contribution is -0.151. The molecule has 0 aromatic carbocycles. The van der Waals surface area contributed by atoms with Gasteiger partial charge >= 0.3 is 0 Å². The van der Waals surface area contributed by atoms with E-state index in [1.54, 1.807) is 4.90 Å². The van der Waals surface area contributed by atoms with Crippen molar-refractivity contribution in [3.63, 3.8) is 0 Å². The molecule has 7 heteroatoms. The highest BCUT2D eigenvalue weighted by Crippen LogP contribution is 2.19. The fourth-order valence-electron chi connectivity index (χ4n) is 2.69. The normalized spacial score (nSPS) is 23.6. The highest BCUT2D eigenvalue weighted by atomic mass is 32.2. The maximum absolute atomic E-state index is 12.5. The van der Waals surface area contributed by atoms with Gasteiger partial charge in [0.25, 0.3) is 0 Å². The van der Waals surface area contributed by atoms with Crippen LogP contribution in [0.1, 0.15) is 40.0 Å². The highest BCUT2D eigenvalue weighted by Gasteiger charge is 2.41. The van der Waals surface area contributed by atoms with Crippen molar-refractivity contribution in [2.24, 2.45) is 5.92 Å². The maximum Gasteiger partial charge on any atom is 0.245 e. The van der Waals surface area contributed by atoms with E-state index >= 15 is 0 Å². The largest absolute Gasteiger partial charge is 0.342 e. The molecule has 1 heterocycles. The van der Waals surface area contributed by atoms with Crippen LogP contribution in [0.3, 0.4) is 0 Å². The van der Waals surface area contributed by atoms with E-state index in [4.69, 9.17) is 0 Å². The van der Waals surface area contributed by atoms with Crippen molar-refractivity contribution in [2.45, 2.75) is 52.1 Å². The Morgan fingerprint density at radius 3 is 2.38 bits per heavy atom. The maximum atomic E-state index is 12.5. The van der Waals surface area contributed by atoms with Gasteiger partial charge in [-0.25, -0.2) is 8.42 Å². The van der Waals surface area contributed by atoms with Crippen molar-refractivity contribution >= 4 is 21.7 Å². The van der Waals surface area contributed by atoms with Gasteiger partial charge in [-0.1, -0.05) is 27.2 Å². The molecule has 1 fully saturated rings. The van der Waals surface area contributed by atoms with Gasteiger partial charge in [0, 0.05) is 12.8 Å². The van der Waals surface area contributed by atoms with Crippen LogP contribution in [0.2, 0.25) is 0 Å². The molecule has 0 aromatic heterocycles. The average molecular weight is 318 g/mol. The van der Waals surface area contributed by atoms with Crippen LogP contribution >= 0.6 is 0 Å². The summed E-state index contributed by atoms with van der Waals surface area (Å²) in [6.45, 7) is 6.05. The summed E-state index contributed by atoms with van der Waals surface area (Å²) >= 11 is 0. The van der Waals surface area contributed by atoms with Crippen LogP contribution < -0.4 is 5.32 Å². The molecule has 6 nitrogen and oxygen atoms in total. The number of hydrogen-bond donors (Lipinski definition) is 1. The third kappa shape index (κ3) is 4.98. The van der Waals surface area contributed by atoms with Crippen LogP contribution in [-0.2, 0) is 19.4 Å². The summed E-state index contributed by atoms with van der Waals surface area (Å²) in [5, 5.41) is 2.79. The first kappa shape index (κ1) is 17.9. The number of amides is 2. The fourth-order valence-corrected chi connectivity index (χ4v) is 3.34. The van der Waals surface area contributed by atoms with Crippen molar-refractivity contribution in [3.8, 4) is 0 Å². The fraction of sp³-hybridized carbons (Fsp3) is 0.857. The molecule has 122 valence electrons. The van der Waals surface area contributed by atoms with E-state index in [9.17, 15) is 18.0 Å². The third-order valence-corrected chi connectivity index (χ3v) is 4.66. The summed E-state index contributed by atoms with van der Waals surface area (Å²) in [6, 6.07) is -0.985. The van der Waals surface area contributed by atoms with E-state index in [2.05, 4.69) is 5.32 Å². The van der Waals surface area contributed by atoms with Crippen LogP contribution in [0, 0.1) is 5.92 Å². The molecule has 21 heavy (non-hydrogen) atoms. The number of sulfone groups is 1. The van der Waals surface area contributed by atoms with Gasteiger partial charge in [-0.3, -0.25) is 9.59 Å². The van der Waals surface area contributed by atoms with Crippen molar-refractivity contribution in [1.29, 1.82) is 0 Å². The van der Waals surface area contributed by atoms with Gasteiger partial charge in [-0.15, -0.1) is 0 Å². The molecule has 0 spiro atoms. The van der Waals surface area contributed by atoms with Gasteiger partial charge in [0.2, 0.25) is 11.8 Å². The Balaban J connectivity index is 2.84. The number of carbonyl (C=O) groups excluding carboxylic acids is 2. The second kappa shape index (κ2) is 7.24. The molecule has 1 aliphatic heterocycles. The van der Waals surface area contributed by atoms with Crippen molar-refractivity contribution < 1.29 is 18.0 Å². The zero-order valence-corrected chi connectivity index (χ0v) is 14.1. The second-order valence-electron chi connectivity index (χ2n) is 6.05. The number of nitrogens with one attached hydrogen (secondary N) is 1. The molecule has 0 saturated carbocycles. The molecule has 0 radical (unpaired) electrons. The lowest BCUT2D eigenvalue weighted by atomic mass is 9.95. The molecule has 0 aromatic rings. The quantitative estimate of drug-likeness (QED) is 0.744. The standard InChI is InChI=1S/C14H26N2O4S/c1-5-7-11-14(18)16(8-6-9-21(4,19)20)12(10(2)3)13(17)15-11/h10-12H,5-9H2,1-4H3,(H,15,17). The van der Waals surface area contributed by atoms with E-state index in [-0.39, 0.29) is 23.5 Å². The van der Waals surface area contributed by atoms with Gasteiger partial charge in [-0.05, 0) is 18.8 Å². The summed E-state index contributed by atoms with van der Waals surface area (Å²) in [5.41, 5.74) is 0. The first-order valence-corrected chi connectivity index (χ1v) is 9.52. The van der Waals surface area contributed by atoms with Crippen LogP contribution in [0.5, 0.6) is 0 Å². The predicted octanol–water partition coefficient (Wildman–Crippen LogP) is 0.573.